The number of benzene rings is 1. The van der Waals surface area contributed by atoms with Crippen LogP contribution in [0.1, 0.15) is 63.5 Å². The molecule has 1 aromatic carbocycles. The molecule has 25 heavy (non-hydrogen) atoms. The zero-order valence-corrected chi connectivity index (χ0v) is 15.2. The highest BCUT2D eigenvalue weighted by Gasteiger charge is 2.52. The van der Waals surface area contributed by atoms with E-state index < -0.39 is 0 Å². The van der Waals surface area contributed by atoms with E-state index in [1.54, 1.807) is 0 Å². The number of nitrogens with zero attached hydrogens (tertiary/aromatic N) is 1. The van der Waals surface area contributed by atoms with Gasteiger partial charge in [-0.25, -0.2) is 0 Å². The summed E-state index contributed by atoms with van der Waals surface area (Å²) in [5.74, 6) is 0.229. The van der Waals surface area contributed by atoms with E-state index >= 15 is 0 Å². The van der Waals surface area contributed by atoms with E-state index in [-0.39, 0.29) is 11.4 Å². The molecule has 0 aromatic heterocycles. The quantitative estimate of drug-likeness (QED) is 0.895. The van der Waals surface area contributed by atoms with Crippen molar-refractivity contribution in [2.45, 2.75) is 75.5 Å². The Bertz CT molecular complexity index is 599. The lowest BCUT2D eigenvalue weighted by Crippen LogP contribution is -2.57. The molecule has 0 saturated carbocycles. The molecule has 1 aromatic rings. The van der Waals surface area contributed by atoms with Crippen LogP contribution in [0.4, 0.5) is 0 Å². The van der Waals surface area contributed by atoms with E-state index in [1.165, 1.54) is 12.0 Å². The van der Waals surface area contributed by atoms with Gasteiger partial charge in [0.05, 0.1) is 5.54 Å². The summed E-state index contributed by atoms with van der Waals surface area (Å²) >= 11 is 0. The summed E-state index contributed by atoms with van der Waals surface area (Å²) in [5.41, 5.74) is 1.26. The van der Waals surface area contributed by atoms with Crippen LogP contribution in [0.25, 0.3) is 0 Å². The third-order valence-corrected chi connectivity index (χ3v) is 6.43. The second-order valence-electron chi connectivity index (χ2n) is 8.15. The summed E-state index contributed by atoms with van der Waals surface area (Å²) in [6.45, 7) is 3.99. The molecule has 1 amide bonds. The fourth-order valence-corrected chi connectivity index (χ4v) is 5.25. The van der Waals surface area contributed by atoms with Gasteiger partial charge in [-0.15, -0.1) is 0 Å². The van der Waals surface area contributed by atoms with Gasteiger partial charge in [-0.2, -0.15) is 0 Å². The Morgan fingerprint density at radius 1 is 1.12 bits per heavy atom. The maximum atomic E-state index is 12.4. The topological polar surface area (TPSA) is 41.6 Å². The van der Waals surface area contributed by atoms with Crippen LogP contribution < -0.4 is 5.32 Å². The van der Waals surface area contributed by atoms with E-state index in [0.717, 1.165) is 45.3 Å². The molecule has 4 heteroatoms. The first-order valence-corrected chi connectivity index (χ1v) is 9.88. The van der Waals surface area contributed by atoms with Gasteiger partial charge in [-0.1, -0.05) is 36.8 Å². The van der Waals surface area contributed by atoms with Crippen LogP contribution >= 0.6 is 0 Å². The molecular formula is C21H30N2O2. The highest BCUT2D eigenvalue weighted by Crippen LogP contribution is 2.47. The molecule has 4 nitrogen and oxygen atoms in total. The lowest BCUT2D eigenvalue weighted by molar-refractivity contribution is -0.124. The average Bonchev–Trinajstić information content (AvgIpc) is 2.90. The molecule has 4 rings (SSSR count). The molecule has 3 heterocycles. The normalized spacial score (nSPS) is 34.8. The highest BCUT2D eigenvalue weighted by molar-refractivity contribution is 5.77. The van der Waals surface area contributed by atoms with Crippen LogP contribution in [0.2, 0.25) is 0 Å². The average molecular weight is 342 g/mol. The minimum atomic E-state index is -0.129. The van der Waals surface area contributed by atoms with Crippen molar-refractivity contribution >= 4 is 5.91 Å². The minimum absolute atomic E-state index is 0.129. The van der Waals surface area contributed by atoms with Gasteiger partial charge in [0.15, 0.2) is 0 Å². The number of ether oxygens (including phenoxy) is 1. The van der Waals surface area contributed by atoms with Gasteiger partial charge in [0.1, 0.15) is 0 Å². The summed E-state index contributed by atoms with van der Waals surface area (Å²) in [7, 11) is 0. The monoisotopic (exact) mass is 342 g/mol. The number of carbonyl (C=O) groups is 1. The van der Waals surface area contributed by atoms with Crippen molar-refractivity contribution in [3.05, 3.63) is 35.9 Å². The van der Waals surface area contributed by atoms with Crippen LogP contribution in [-0.2, 0) is 9.53 Å². The van der Waals surface area contributed by atoms with Crippen LogP contribution in [0.15, 0.2) is 30.3 Å². The second kappa shape index (κ2) is 7.08. The molecule has 0 bridgehead atoms. The van der Waals surface area contributed by atoms with E-state index in [9.17, 15) is 4.79 Å². The molecule has 3 saturated heterocycles. The molecule has 136 valence electrons. The van der Waals surface area contributed by atoms with Gasteiger partial charge in [-0.3, -0.25) is 9.69 Å². The Morgan fingerprint density at radius 2 is 1.88 bits per heavy atom. The molecule has 3 aliphatic rings. The standard InChI is InChI=1S/C21H30N2O2/c1-21-15-18(16-7-3-2-4-8-16)23(17-11-13-25-14-12-17)19(21)9-5-6-10-20(24)22-21/h2-4,7-8,17-19H,5-6,9-15H2,1H3,(H,22,24)/t18-,19-,21-/m0/s1. The van der Waals surface area contributed by atoms with Crippen molar-refractivity contribution in [2.75, 3.05) is 13.2 Å². The molecule has 0 unspecified atom stereocenters. The predicted octanol–water partition coefficient (Wildman–Crippen LogP) is 3.43. The zero-order chi connectivity index (χ0) is 17.3. The highest BCUT2D eigenvalue weighted by atomic mass is 16.5. The predicted molar refractivity (Wildman–Crippen MR) is 98.3 cm³/mol. The van der Waals surface area contributed by atoms with Gasteiger partial charge in [-0.05, 0) is 44.6 Å². The molecule has 3 aliphatic heterocycles. The fourth-order valence-electron chi connectivity index (χ4n) is 5.25. The first-order valence-electron chi connectivity index (χ1n) is 9.88. The number of carbonyl (C=O) groups excluding carboxylic acids is 1. The van der Waals surface area contributed by atoms with Crippen molar-refractivity contribution < 1.29 is 9.53 Å². The first kappa shape index (κ1) is 17.0. The third-order valence-electron chi connectivity index (χ3n) is 6.43. The van der Waals surface area contributed by atoms with Gasteiger partial charge in [0.25, 0.3) is 0 Å². The smallest absolute Gasteiger partial charge is 0.220 e. The molecule has 0 radical (unpaired) electrons. The summed E-state index contributed by atoms with van der Waals surface area (Å²) in [4.78, 5) is 15.1. The van der Waals surface area contributed by atoms with Crippen molar-refractivity contribution in [3.63, 3.8) is 0 Å². The first-order chi connectivity index (χ1) is 12.2. The summed E-state index contributed by atoms with van der Waals surface area (Å²) < 4.78 is 5.63. The Hall–Kier alpha value is -1.39. The van der Waals surface area contributed by atoms with Crippen LogP contribution in [0.3, 0.4) is 0 Å². The molecule has 3 fully saturated rings. The van der Waals surface area contributed by atoms with E-state index in [0.29, 0.717) is 24.5 Å². The number of rotatable bonds is 2. The number of likely N-dealkylation sites (tertiary alicyclic amines) is 1. The van der Waals surface area contributed by atoms with E-state index in [1.807, 2.05) is 0 Å². The number of hydrogen-bond acceptors (Lipinski definition) is 3. The Kier molecular flexibility index (Phi) is 4.83. The van der Waals surface area contributed by atoms with Gasteiger partial charge >= 0.3 is 0 Å². The SMILES string of the molecule is C[C@]12C[C@@H](c3ccccc3)N(C3CCOCC3)[C@H]1CCCCC(=O)N2. The van der Waals surface area contributed by atoms with E-state index in [4.69, 9.17) is 4.74 Å². The Morgan fingerprint density at radius 3 is 2.64 bits per heavy atom. The number of fused-ring (bicyclic) bond motifs is 1. The molecule has 3 atom stereocenters. The Labute approximate surface area is 150 Å². The van der Waals surface area contributed by atoms with Crippen LogP contribution in [-0.4, -0.2) is 41.6 Å². The van der Waals surface area contributed by atoms with Crippen LogP contribution in [0, 0.1) is 0 Å². The lowest BCUT2D eigenvalue weighted by atomic mass is 9.85. The van der Waals surface area contributed by atoms with Crippen molar-refractivity contribution in [1.82, 2.24) is 10.2 Å². The third kappa shape index (κ3) is 3.34. The van der Waals surface area contributed by atoms with Crippen LogP contribution in [0.5, 0.6) is 0 Å². The van der Waals surface area contributed by atoms with E-state index in [2.05, 4.69) is 47.5 Å². The second-order valence-corrected chi connectivity index (χ2v) is 8.15. The van der Waals surface area contributed by atoms with Crippen molar-refractivity contribution in [2.24, 2.45) is 0 Å². The van der Waals surface area contributed by atoms with Gasteiger partial charge in [0.2, 0.25) is 5.91 Å². The maximum absolute atomic E-state index is 12.4. The molecule has 0 aliphatic carbocycles. The van der Waals surface area contributed by atoms with Gasteiger partial charge < -0.3 is 10.1 Å². The zero-order valence-electron chi connectivity index (χ0n) is 15.2. The lowest BCUT2D eigenvalue weighted by Gasteiger charge is -2.43. The minimum Gasteiger partial charge on any atom is -0.381 e. The molecular weight excluding hydrogens is 312 g/mol. The molecule has 0 spiro atoms. The fraction of sp³-hybridized carbons (Fsp3) is 0.667. The largest absolute Gasteiger partial charge is 0.381 e. The van der Waals surface area contributed by atoms with Crippen molar-refractivity contribution in [1.29, 1.82) is 0 Å². The number of nitrogens with one attached hydrogen (secondary N) is 1. The number of hydrogen-bond donors (Lipinski definition) is 1. The summed E-state index contributed by atoms with van der Waals surface area (Å²) in [6.07, 6.45) is 7.22. The van der Waals surface area contributed by atoms with Crippen molar-refractivity contribution in [3.8, 4) is 0 Å². The van der Waals surface area contributed by atoms with Gasteiger partial charge in [0, 0.05) is 37.8 Å². The summed E-state index contributed by atoms with van der Waals surface area (Å²) in [6, 6.07) is 12.2. The molecule has 1 N–H and O–H groups in total. The number of amides is 1. The summed E-state index contributed by atoms with van der Waals surface area (Å²) in [5, 5.41) is 3.41. The maximum Gasteiger partial charge on any atom is 0.220 e. The Balaban J connectivity index is 1.70.